The van der Waals surface area contributed by atoms with Gasteiger partial charge in [-0.3, -0.25) is 0 Å². The third kappa shape index (κ3) is 4.81. The number of nitrogens with two attached hydrogens (primary N) is 1. The first-order valence-electron chi connectivity index (χ1n) is 10.7. The third-order valence-corrected chi connectivity index (χ3v) is 5.53. The van der Waals surface area contributed by atoms with Gasteiger partial charge in [-0.15, -0.1) is 0 Å². The topological polar surface area (TPSA) is 75.0 Å². The van der Waals surface area contributed by atoms with Crippen molar-refractivity contribution >= 4 is 0 Å². The van der Waals surface area contributed by atoms with Crippen LogP contribution < -0.4 is 11.1 Å². The van der Waals surface area contributed by atoms with Crippen LogP contribution in [0.3, 0.4) is 0 Å². The van der Waals surface area contributed by atoms with Crippen molar-refractivity contribution in [2.45, 2.75) is 45.7 Å². The third-order valence-electron chi connectivity index (χ3n) is 5.53. The summed E-state index contributed by atoms with van der Waals surface area (Å²) in [5.74, 6) is 6.03. The smallest absolute Gasteiger partial charge is 0.239 e. The Balaban J connectivity index is 1.49. The fraction of sp³-hybridized carbons (Fsp3) is 0.583. The van der Waals surface area contributed by atoms with E-state index >= 15 is 0 Å². The molecule has 4 rings (SSSR count). The summed E-state index contributed by atoms with van der Waals surface area (Å²) >= 11 is 0. The van der Waals surface area contributed by atoms with Crippen molar-refractivity contribution < 1.29 is 18.9 Å². The molecule has 2 heterocycles. The lowest BCUT2D eigenvalue weighted by atomic mass is 9.95. The van der Waals surface area contributed by atoms with E-state index in [1.807, 2.05) is 25.1 Å². The molecule has 2 aliphatic heterocycles. The first-order chi connectivity index (χ1) is 14.4. The van der Waals surface area contributed by atoms with E-state index in [2.05, 4.69) is 31.0 Å². The fourth-order valence-corrected chi connectivity index (χ4v) is 3.56. The zero-order chi connectivity index (χ0) is 21.2. The van der Waals surface area contributed by atoms with Gasteiger partial charge >= 0.3 is 0 Å². The molecule has 3 N–H and O–H groups in total. The van der Waals surface area contributed by atoms with E-state index in [0.29, 0.717) is 44.6 Å². The Morgan fingerprint density at radius 3 is 2.57 bits per heavy atom. The number of hydrogen-bond donors (Lipinski definition) is 2. The largest absolute Gasteiger partial charge is 0.396 e. The van der Waals surface area contributed by atoms with Crippen LogP contribution in [0.15, 0.2) is 30.1 Å². The second kappa shape index (κ2) is 8.60. The Kier molecular flexibility index (Phi) is 6.08. The maximum absolute atomic E-state index is 6.49. The fourth-order valence-electron chi connectivity index (χ4n) is 3.56. The number of hydrogen-bond acceptors (Lipinski definition) is 6. The standard InChI is InChI=1S/C24H32N2O4/c1-17-4-5-19(9-8-18-6-7-18)12-20(17)24(29-10-11-30-24)21(25)13-26-14-22-27-15-23(2,3)16-28-22/h4-5,12-13,18,22,26H,6-7,10-11,14-16,25H2,1-3H3/b21-13-. The van der Waals surface area contributed by atoms with Gasteiger partial charge in [-0.25, -0.2) is 0 Å². The lowest BCUT2D eigenvalue weighted by Gasteiger charge is -2.34. The lowest BCUT2D eigenvalue weighted by Crippen LogP contribution is -2.42. The minimum atomic E-state index is -1.11. The van der Waals surface area contributed by atoms with Crippen LogP contribution in [0, 0.1) is 30.1 Å². The van der Waals surface area contributed by atoms with Gasteiger partial charge in [0.15, 0.2) is 6.29 Å². The highest BCUT2D eigenvalue weighted by Crippen LogP contribution is 2.38. The van der Waals surface area contributed by atoms with Crippen LogP contribution in [0.2, 0.25) is 0 Å². The molecule has 3 aliphatic rings. The summed E-state index contributed by atoms with van der Waals surface area (Å²) < 4.78 is 23.7. The number of aryl methyl sites for hydroxylation is 1. The molecular formula is C24H32N2O4. The molecule has 3 fully saturated rings. The highest BCUT2D eigenvalue weighted by molar-refractivity contribution is 5.45. The predicted molar refractivity (Wildman–Crippen MR) is 114 cm³/mol. The number of nitrogens with one attached hydrogen (secondary N) is 1. The molecule has 0 bridgehead atoms. The molecule has 0 aromatic heterocycles. The first kappa shape index (κ1) is 21.2. The zero-order valence-corrected chi connectivity index (χ0v) is 18.1. The van der Waals surface area contributed by atoms with Crippen LogP contribution in [0.5, 0.6) is 0 Å². The normalized spacial score (nSPS) is 23.6. The second-order valence-corrected chi connectivity index (χ2v) is 9.11. The molecule has 1 aliphatic carbocycles. The molecule has 6 nitrogen and oxygen atoms in total. The van der Waals surface area contributed by atoms with Crippen LogP contribution >= 0.6 is 0 Å². The maximum atomic E-state index is 6.49. The number of benzene rings is 1. The van der Waals surface area contributed by atoms with E-state index in [1.165, 1.54) is 12.8 Å². The Hall–Kier alpha value is -2.04. The molecule has 6 heteroatoms. The quantitative estimate of drug-likeness (QED) is 0.725. The summed E-state index contributed by atoms with van der Waals surface area (Å²) in [6.45, 7) is 9.08. The molecule has 1 aromatic carbocycles. The van der Waals surface area contributed by atoms with Gasteiger partial charge in [-0.2, -0.15) is 0 Å². The Morgan fingerprint density at radius 1 is 1.20 bits per heavy atom. The van der Waals surface area contributed by atoms with Crippen LogP contribution in [0.25, 0.3) is 0 Å². The van der Waals surface area contributed by atoms with Crippen LogP contribution in [0.1, 0.15) is 43.4 Å². The molecule has 162 valence electrons. The molecule has 0 unspecified atom stereocenters. The van der Waals surface area contributed by atoms with Crippen LogP contribution in [-0.2, 0) is 24.7 Å². The molecule has 0 amide bonds. The summed E-state index contributed by atoms with van der Waals surface area (Å²) in [6.07, 6.45) is 3.84. The van der Waals surface area contributed by atoms with Crippen molar-refractivity contribution in [3.63, 3.8) is 0 Å². The summed E-state index contributed by atoms with van der Waals surface area (Å²) in [5, 5.41) is 3.21. The van der Waals surface area contributed by atoms with Gasteiger partial charge in [-0.1, -0.05) is 31.8 Å². The van der Waals surface area contributed by atoms with Crippen LogP contribution in [-0.4, -0.2) is 39.3 Å². The summed E-state index contributed by atoms with van der Waals surface area (Å²) in [7, 11) is 0. The van der Waals surface area contributed by atoms with Gasteiger partial charge < -0.3 is 30.0 Å². The molecule has 1 saturated carbocycles. The van der Waals surface area contributed by atoms with E-state index in [-0.39, 0.29) is 11.7 Å². The lowest BCUT2D eigenvalue weighted by molar-refractivity contribution is -0.217. The van der Waals surface area contributed by atoms with Crippen LogP contribution in [0.4, 0.5) is 0 Å². The predicted octanol–water partition coefficient (Wildman–Crippen LogP) is 2.74. The molecule has 0 atom stereocenters. The van der Waals surface area contributed by atoms with Gasteiger partial charge in [0.05, 0.1) is 38.7 Å². The van der Waals surface area contributed by atoms with Crippen molar-refractivity contribution in [1.82, 2.24) is 5.32 Å². The van der Waals surface area contributed by atoms with Crippen molar-refractivity contribution in [2.75, 3.05) is 33.0 Å². The molecule has 2 saturated heterocycles. The van der Waals surface area contributed by atoms with Gasteiger partial charge in [0.2, 0.25) is 5.79 Å². The average Bonchev–Trinajstić information content (AvgIpc) is 3.42. The van der Waals surface area contributed by atoms with Crippen molar-refractivity contribution in [3.8, 4) is 11.8 Å². The Morgan fingerprint density at radius 2 is 1.90 bits per heavy atom. The summed E-state index contributed by atoms with van der Waals surface area (Å²) in [5.41, 5.74) is 9.89. The van der Waals surface area contributed by atoms with E-state index in [1.54, 1.807) is 6.20 Å². The Labute approximate surface area is 179 Å². The SMILES string of the molecule is Cc1ccc(C#CC2CC2)cc1C1(/C(N)=C/NCC2OCC(C)(C)CO2)OCCO1. The molecular weight excluding hydrogens is 380 g/mol. The summed E-state index contributed by atoms with van der Waals surface area (Å²) in [6, 6.07) is 6.12. The van der Waals surface area contributed by atoms with E-state index in [0.717, 1.165) is 16.7 Å². The van der Waals surface area contributed by atoms with Crippen molar-refractivity contribution in [2.24, 2.45) is 17.1 Å². The average molecular weight is 413 g/mol. The van der Waals surface area contributed by atoms with Crippen molar-refractivity contribution in [1.29, 1.82) is 0 Å². The summed E-state index contributed by atoms with van der Waals surface area (Å²) in [4.78, 5) is 0. The molecule has 30 heavy (non-hydrogen) atoms. The molecule has 1 aromatic rings. The van der Waals surface area contributed by atoms with E-state index in [4.69, 9.17) is 24.7 Å². The number of ether oxygens (including phenoxy) is 4. The minimum absolute atomic E-state index is 0.0475. The second-order valence-electron chi connectivity index (χ2n) is 9.11. The van der Waals surface area contributed by atoms with Gasteiger partial charge in [0.25, 0.3) is 0 Å². The number of rotatable bonds is 5. The van der Waals surface area contributed by atoms with Gasteiger partial charge in [-0.05, 0) is 37.5 Å². The highest BCUT2D eigenvalue weighted by atomic mass is 16.7. The van der Waals surface area contributed by atoms with E-state index < -0.39 is 5.79 Å². The highest BCUT2D eigenvalue weighted by Gasteiger charge is 2.43. The van der Waals surface area contributed by atoms with Gasteiger partial charge in [0.1, 0.15) is 0 Å². The van der Waals surface area contributed by atoms with Crippen molar-refractivity contribution in [3.05, 3.63) is 46.8 Å². The maximum Gasteiger partial charge on any atom is 0.239 e. The first-order valence-corrected chi connectivity index (χ1v) is 10.7. The van der Waals surface area contributed by atoms with Gasteiger partial charge in [0, 0.05) is 28.7 Å². The molecule has 0 radical (unpaired) electrons. The minimum Gasteiger partial charge on any atom is -0.396 e. The monoisotopic (exact) mass is 412 g/mol. The Bertz CT molecular complexity index is 848. The zero-order valence-electron chi connectivity index (χ0n) is 18.1. The molecule has 0 spiro atoms. The van der Waals surface area contributed by atoms with E-state index in [9.17, 15) is 0 Å².